The Balaban J connectivity index is 1.54. The Morgan fingerprint density at radius 1 is 1.03 bits per heavy atom. The molecule has 0 N–H and O–H groups in total. The molecular formula is C25H18Cl2N2O6S. The van der Waals surface area contributed by atoms with E-state index < -0.39 is 16.1 Å². The SMILES string of the molecule is COc1ccc(/C=C2\SC(=O)N(Cc3ccc(Cl)c(Cl)c3)C2=O)cc1OCc1ccccc1[N+](=O)[O-]. The Hall–Kier alpha value is -3.53. The molecule has 1 fully saturated rings. The minimum absolute atomic E-state index is 0.0525. The number of benzene rings is 3. The average molecular weight is 545 g/mol. The summed E-state index contributed by atoms with van der Waals surface area (Å²) in [6.45, 7) is 0.00284. The van der Waals surface area contributed by atoms with Crippen molar-refractivity contribution in [3.8, 4) is 11.5 Å². The molecular weight excluding hydrogens is 527 g/mol. The van der Waals surface area contributed by atoms with Crippen LogP contribution < -0.4 is 9.47 Å². The van der Waals surface area contributed by atoms with Crippen molar-refractivity contribution in [2.75, 3.05) is 7.11 Å². The number of para-hydroxylation sites is 1. The molecule has 0 radical (unpaired) electrons. The molecule has 11 heteroatoms. The molecule has 1 aliphatic heterocycles. The molecule has 0 saturated carbocycles. The van der Waals surface area contributed by atoms with Gasteiger partial charge in [0.05, 0.1) is 39.1 Å². The van der Waals surface area contributed by atoms with Crippen molar-refractivity contribution in [1.29, 1.82) is 0 Å². The number of carbonyl (C=O) groups is 2. The summed E-state index contributed by atoms with van der Waals surface area (Å²) in [5, 5.41) is 11.6. The van der Waals surface area contributed by atoms with Crippen molar-refractivity contribution in [1.82, 2.24) is 4.90 Å². The van der Waals surface area contributed by atoms with Crippen LogP contribution in [-0.4, -0.2) is 28.1 Å². The zero-order valence-corrected chi connectivity index (χ0v) is 21.1. The van der Waals surface area contributed by atoms with Gasteiger partial charge in [0.1, 0.15) is 6.61 Å². The van der Waals surface area contributed by atoms with Crippen molar-refractivity contribution in [3.05, 3.63) is 102 Å². The Morgan fingerprint density at radius 3 is 2.53 bits per heavy atom. The summed E-state index contributed by atoms with van der Waals surface area (Å²) in [7, 11) is 1.47. The van der Waals surface area contributed by atoms with Gasteiger partial charge in [-0.2, -0.15) is 0 Å². The van der Waals surface area contributed by atoms with Crippen LogP contribution in [0.2, 0.25) is 10.0 Å². The first-order valence-corrected chi connectivity index (χ1v) is 12.1. The Bertz CT molecular complexity index is 1390. The standard InChI is InChI=1S/C25H18Cl2N2O6S/c1-34-21-9-7-15(11-22(21)35-14-17-4-2-3-5-20(17)29(32)33)12-23-24(30)28(25(31)36-23)13-16-6-8-18(26)19(27)10-16/h2-12H,13-14H2,1H3/b23-12-. The highest BCUT2D eigenvalue weighted by atomic mass is 35.5. The van der Waals surface area contributed by atoms with Crippen LogP contribution in [0.4, 0.5) is 10.5 Å². The van der Waals surface area contributed by atoms with Gasteiger partial charge >= 0.3 is 0 Å². The lowest BCUT2D eigenvalue weighted by molar-refractivity contribution is -0.385. The molecule has 3 aromatic rings. The van der Waals surface area contributed by atoms with E-state index in [2.05, 4.69) is 0 Å². The number of hydrogen-bond donors (Lipinski definition) is 0. The molecule has 2 amide bonds. The van der Waals surface area contributed by atoms with E-state index in [4.69, 9.17) is 32.7 Å². The highest BCUT2D eigenvalue weighted by Crippen LogP contribution is 2.36. The number of rotatable bonds is 8. The van der Waals surface area contributed by atoms with E-state index in [1.807, 2.05) is 0 Å². The van der Waals surface area contributed by atoms with E-state index in [1.165, 1.54) is 13.2 Å². The number of halogens is 2. The fourth-order valence-electron chi connectivity index (χ4n) is 3.47. The van der Waals surface area contributed by atoms with Gasteiger partial charge < -0.3 is 9.47 Å². The fourth-order valence-corrected chi connectivity index (χ4v) is 4.63. The normalized spacial score (nSPS) is 14.4. The first kappa shape index (κ1) is 25.6. The van der Waals surface area contributed by atoms with Gasteiger partial charge in [0, 0.05) is 6.07 Å². The number of thioether (sulfide) groups is 1. The van der Waals surface area contributed by atoms with Crippen LogP contribution in [-0.2, 0) is 17.9 Å². The summed E-state index contributed by atoms with van der Waals surface area (Å²) >= 11 is 12.8. The smallest absolute Gasteiger partial charge is 0.293 e. The summed E-state index contributed by atoms with van der Waals surface area (Å²) in [5.74, 6) is 0.312. The Labute approximate surface area is 220 Å². The van der Waals surface area contributed by atoms with Gasteiger partial charge in [-0.1, -0.05) is 47.5 Å². The largest absolute Gasteiger partial charge is 0.493 e. The molecule has 36 heavy (non-hydrogen) atoms. The molecule has 3 aromatic carbocycles. The third-order valence-corrected chi connectivity index (χ3v) is 6.90. The van der Waals surface area contributed by atoms with E-state index >= 15 is 0 Å². The van der Waals surface area contributed by atoms with E-state index in [0.29, 0.717) is 38.2 Å². The average Bonchev–Trinajstić information content (AvgIpc) is 3.12. The zero-order valence-electron chi connectivity index (χ0n) is 18.8. The van der Waals surface area contributed by atoms with E-state index in [0.717, 1.165) is 16.7 Å². The molecule has 4 rings (SSSR count). The number of nitro benzene ring substituents is 1. The van der Waals surface area contributed by atoms with Gasteiger partial charge in [0.25, 0.3) is 16.8 Å². The van der Waals surface area contributed by atoms with Gasteiger partial charge in [0.2, 0.25) is 0 Å². The lowest BCUT2D eigenvalue weighted by Gasteiger charge is -2.13. The van der Waals surface area contributed by atoms with Crippen LogP contribution in [0.1, 0.15) is 16.7 Å². The second-order valence-electron chi connectivity index (χ2n) is 7.60. The predicted molar refractivity (Wildman–Crippen MR) is 138 cm³/mol. The summed E-state index contributed by atoms with van der Waals surface area (Å²) in [5.41, 5.74) is 1.61. The minimum atomic E-state index is -0.472. The zero-order chi connectivity index (χ0) is 25.8. The summed E-state index contributed by atoms with van der Waals surface area (Å²) in [6, 6.07) is 16.2. The van der Waals surface area contributed by atoms with Crippen molar-refractivity contribution < 1.29 is 24.0 Å². The van der Waals surface area contributed by atoms with Gasteiger partial charge in [-0.05, 0) is 59.3 Å². The number of nitro groups is 1. The van der Waals surface area contributed by atoms with Crippen LogP contribution >= 0.6 is 35.0 Å². The van der Waals surface area contributed by atoms with Crippen LogP contribution in [0.15, 0.2) is 65.6 Å². The molecule has 1 saturated heterocycles. The highest BCUT2D eigenvalue weighted by Gasteiger charge is 2.35. The molecule has 0 spiro atoms. The molecule has 0 unspecified atom stereocenters. The van der Waals surface area contributed by atoms with E-state index in [-0.39, 0.29) is 23.7 Å². The first-order chi connectivity index (χ1) is 17.3. The lowest BCUT2D eigenvalue weighted by Crippen LogP contribution is -2.27. The molecule has 0 atom stereocenters. The quantitative estimate of drug-likeness (QED) is 0.176. The van der Waals surface area contributed by atoms with Crippen LogP contribution in [0.5, 0.6) is 11.5 Å². The molecule has 0 bridgehead atoms. The Morgan fingerprint density at radius 2 is 1.81 bits per heavy atom. The molecule has 1 heterocycles. The number of ether oxygens (including phenoxy) is 2. The fraction of sp³-hybridized carbons (Fsp3) is 0.120. The highest BCUT2D eigenvalue weighted by molar-refractivity contribution is 8.18. The lowest BCUT2D eigenvalue weighted by atomic mass is 10.1. The van der Waals surface area contributed by atoms with Crippen LogP contribution in [0.25, 0.3) is 6.08 Å². The first-order valence-electron chi connectivity index (χ1n) is 10.5. The van der Waals surface area contributed by atoms with Crippen molar-refractivity contribution in [3.63, 3.8) is 0 Å². The van der Waals surface area contributed by atoms with Crippen LogP contribution in [0.3, 0.4) is 0 Å². The third kappa shape index (κ3) is 5.64. The molecule has 8 nitrogen and oxygen atoms in total. The van der Waals surface area contributed by atoms with E-state index in [9.17, 15) is 19.7 Å². The van der Waals surface area contributed by atoms with Crippen molar-refractivity contribution >= 4 is 57.9 Å². The van der Waals surface area contributed by atoms with Gasteiger partial charge in [0.15, 0.2) is 11.5 Å². The van der Waals surface area contributed by atoms with E-state index in [1.54, 1.807) is 60.7 Å². The number of carbonyl (C=O) groups excluding carboxylic acids is 2. The predicted octanol–water partition coefficient (Wildman–Crippen LogP) is 6.73. The Kier molecular flexibility index (Phi) is 7.83. The summed E-state index contributed by atoms with van der Waals surface area (Å²) in [4.78, 5) is 37.6. The molecule has 1 aliphatic rings. The maximum Gasteiger partial charge on any atom is 0.293 e. The minimum Gasteiger partial charge on any atom is -0.493 e. The van der Waals surface area contributed by atoms with Gasteiger partial charge in [-0.25, -0.2) is 0 Å². The number of hydrogen-bond acceptors (Lipinski definition) is 7. The molecule has 184 valence electrons. The second kappa shape index (κ2) is 11.0. The number of amides is 2. The summed E-state index contributed by atoms with van der Waals surface area (Å²) < 4.78 is 11.2. The molecule has 0 aromatic heterocycles. The monoisotopic (exact) mass is 544 g/mol. The maximum absolute atomic E-state index is 12.9. The van der Waals surface area contributed by atoms with Crippen LogP contribution in [0, 0.1) is 10.1 Å². The van der Waals surface area contributed by atoms with Gasteiger partial charge in [-0.15, -0.1) is 0 Å². The number of methoxy groups -OCH3 is 1. The second-order valence-corrected chi connectivity index (χ2v) is 9.41. The van der Waals surface area contributed by atoms with Crippen molar-refractivity contribution in [2.45, 2.75) is 13.2 Å². The third-order valence-electron chi connectivity index (χ3n) is 5.26. The maximum atomic E-state index is 12.9. The van der Waals surface area contributed by atoms with Gasteiger partial charge in [-0.3, -0.25) is 24.6 Å². The topological polar surface area (TPSA) is 99.0 Å². The van der Waals surface area contributed by atoms with Crippen molar-refractivity contribution in [2.24, 2.45) is 0 Å². The summed E-state index contributed by atoms with van der Waals surface area (Å²) in [6.07, 6.45) is 1.58. The number of imide groups is 1. The number of nitrogens with zero attached hydrogens (tertiary/aromatic N) is 2. The molecule has 0 aliphatic carbocycles.